The average Bonchev–Trinajstić information content (AvgIpc) is 3.50. The van der Waals surface area contributed by atoms with E-state index in [-0.39, 0.29) is 12.3 Å². The molecule has 1 aromatic heterocycles. The molecule has 184 valence electrons. The molecule has 2 aliphatic rings. The largest absolute Gasteiger partial charge is 0.496 e. The van der Waals surface area contributed by atoms with Gasteiger partial charge < -0.3 is 25.7 Å². The number of hydrogen-bond acceptors (Lipinski definition) is 5. The van der Waals surface area contributed by atoms with E-state index in [4.69, 9.17) is 4.74 Å². The first-order chi connectivity index (χ1) is 17.5. The van der Waals surface area contributed by atoms with Crippen LogP contribution < -0.4 is 20.7 Å². The van der Waals surface area contributed by atoms with E-state index in [1.807, 2.05) is 42.5 Å². The molecule has 1 saturated carbocycles. The van der Waals surface area contributed by atoms with Crippen molar-refractivity contribution in [2.45, 2.75) is 43.7 Å². The van der Waals surface area contributed by atoms with Gasteiger partial charge in [-0.2, -0.15) is 5.26 Å². The fourth-order valence-electron chi connectivity index (χ4n) is 4.74. The summed E-state index contributed by atoms with van der Waals surface area (Å²) in [5.41, 5.74) is 2.61. The van der Waals surface area contributed by atoms with Crippen molar-refractivity contribution in [1.82, 2.24) is 15.6 Å². The number of rotatable bonds is 9. The van der Waals surface area contributed by atoms with Gasteiger partial charge in [-0.3, -0.25) is 14.4 Å². The highest BCUT2D eigenvalue weighted by Crippen LogP contribution is 2.36. The van der Waals surface area contributed by atoms with Crippen LogP contribution in [0.25, 0.3) is 10.9 Å². The Morgan fingerprint density at radius 1 is 1.14 bits per heavy atom. The summed E-state index contributed by atoms with van der Waals surface area (Å²) < 4.78 is 5.37. The fourth-order valence-corrected chi connectivity index (χ4v) is 4.74. The molecular weight excluding hydrogens is 458 g/mol. The van der Waals surface area contributed by atoms with Gasteiger partial charge in [0.15, 0.2) is 0 Å². The molecule has 3 amide bonds. The summed E-state index contributed by atoms with van der Waals surface area (Å²) in [5, 5.41) is 18.9. The summed E-state index contributed by atoms with van der Waals surface area (Å²) in [7, 11) is 1.57. The number of aromatic amines is 1. The van der Waals surface area contributed by atoms with Gasteiger partial charge in [-0.25, -0.2) is 0 Å². The molecule has 0 radical (unpaired) electrons. The third-order valence-corrected chi connectivity index (χ3v) is 6.83. The Bertz CT molecular complexity index is 1370. The van der Waals surface area contributed by atoms with E-state index in [9.17, 15) is 19.6 Å². The van der Waals surface area contributed by atoms with Crippen molar-refractivity contribution in [1.29, 1.82) is 5.26 Å². The second-order valence-electron chi connectivity index (χ2n) is 9.36. The van der Waals surface area contributed by atoms with Gasteiger partial charge in [0.1, 0.15) is 23.5 Å². The normalized spacial score (nSPS) is 18.0. The maximum absolute atomic E-state index is 13.2. The van der Waals surface area contributed by atoms with Crippen molar-refractivity contribution in [2.75, 3.05) is 12.4 Å². The van der Waals surface area contributed by atoms with Crippen LogP contribution >= 0.6 is 0 Å². The van der Waals surface area contributed by atoms with Crippen LogP contribution in [0.15, 0.2) is 48.5 Å². The number of aromatic nitrogens is 1. The second-order valence-corrected chi connectivity index (χ2v) is 9.36. The minimum Gasteiger partial charge on any atom is -0.496 e. The lowest BCUT2D eigenvalue weighted by Gasteiger charge is -2.21. The average molecular weight is 486 g/mol. The first-order valence-electron chi connectivity index (χ1n) is 12.0. The summed E-state index contributed by atoms with van der Waals surface area (Å²) in [6.07, 6.45) is 2.65. The van der Waals surface area contributed by atoms with E-state index in [0.717, 1.165) is 35.0 Å². The molecule has 5 rings (SSSR count). The standard InChI is InChI=1S/C27H27N5O4/c1-36-24-8-4-7-21-19(24)13-23(30-21)27(35)32-22(11-15-9-10-15)26(34)29-16(14-28)12-18-17-5-2-3-6-20(17)31-25(18)33/h2-8,13,15-16,18,22,30H,9-12H2,1H3,(H,29,34)(H,31,33)(H,32,35). The van der Waals surface area contributed by atoms with Gasteiger partial charge in [0.05, 0.1) is 19.1 Å². The molecule has 1 aliphatic carbocycles. The van der Waals surface area contributed by atoms with E-state index in [2.05, 4.69) is 27.0 Å². The number of nitriles is 1. The van der Waals surface area contributed by atoms with Crippen molar-refractivity contribution in [3.8, 4) is 11.8 Å². The molecule has 0 spiro atoms. The Labute approximate surface area is 208 Å². The Kier molecular flexibility index (Phi) is 6.34. The number of nitrogens with one attached hydrogen (secondary N) is 4. The van der Waals surface area contributed by atoms with Crippen LogP contribution in [0.3, 0.4) is 0 Å². The second kappa shape index (κ2) is 9.74. The Morgan fingerprint density at radius 3 is 2.69 bits per heavy atom. The van der Waals surface area contributed by atoms with Crippen LogP contribution in [0.1, 0.15) is 47.7 Å². The number of ether oxygens (including phenoxy) is 1. The summed E-state index contributed by atoms with van der Waals surface area (Å²) in [6.45, 7) is 0. The smallest absolute Gasteiger partial charge is 0.268 e. The van der Waals surface area contributed by atoms with Gasteiger partial charge in [-0.05, 0) is 48.6 Å². The van der Waals surface area contributed by atoms with Crippen molar-refractivity contribution in [2.24, 2.45) is 5.92 Å². The SMILES string of the molecule is COc1cccc2[nH]c(C(=O)NC(CC3CC3)C(=O)NC(C#N)CC3C(=O)Nc4ccccc43)cc12. The molecule has 1 aliphatic heterocycles. The van der Waals surface area contributed by atoms with Gasteiger partial charge in [-0.15, -0.1) is 0 Å². The number of fused-ring (bicyclic) bond motifs is 2. The zero-order chi connectivity index (χ0) is 25.2. The predicted molar refractivity (Wildman–Crippen MR) is 133 cm³/mol. The first-order valence-corrected chi connectivity index (χ1v) is 12.0. The first kappa shape index (κ1) is 23.4. The number of carbonyl (C=O) groups excluding carboxylic acids is 3. The highest BCUT2D eigenvalue weighted by Gasteiger charge is 2.35. The number of carbonyl (C=O) groups is 3. The number of amides is 3. The summed E-state index contributed by atoms with van der Waals surface area (Å²) in [4.78, 5) is 41.8. The molecule has 9 nitrogen and oxygen atoms in total. The van der Waals surface area contributed by atoms with E-state index < -0.39 is 29.8 Å². The maximum atomic E-state index is 13.2. The molecule has 0 saturated heterocycles. The molecule has 3 unspecified atom stereocenters. The summed E-state index contributed by atoms with van der Waals surface area (Å²) in [5.74, 6) is -0.554. The third kappa shape index (κ3) is 4.75. The van der Waals surface area contributed by atoms with Crippen LogP contribution in [0.4, 0.5) is 5.69 Å². The zero-order valence-electron chi connectivity index (χ0n) is 19.8. The van der Waals surface area contributed by atoms with Crippen molar-refractivity contribution < 1.29 is 19.1 Å². The molecule has 3 atom stereocenters. The third-order valence-electron chi connectivity index (χ3n) is 6.83. The van der Waals surface area contributed by atoms with Gasteiger partial charge in [0.25, 0.3) is 5.91 Å². The van der Waals surface area contributed by atoms with Crippen LogP contribution in [0.2, 0.25) is 0 Å². The quantitative estimate of drug-likeness (QED) is 0.369. The van der Waals surface area contributed by atoms with Crippen LogP contribution in [0.5, 0.6) is 5.75 Å². The number of nitrogens with zero attached hydrogens (tertiary/aromatic N) is 1. The van der Waals surface area contributed by atoms with E-state index in [0.29, 0.717) is 23.8 Å². The van der Waals surface area contributed by atoms with E-state index in [1.165, 1.54) is 0 Å². The van der Waals surface area contributed by atoms with Crippen LogP contribution in [-0.2, 0) is 9.59 Å². The lowest BCUT2D eigenvalue weighted by Crippen LogP contribution is -2.50. The summed E-state index contributed by atoms with van der Waals surface area (Å²) >= 11 is 0. The molecule has 4 N–H and O–H groups in total. The fraction of sp³-hybridized carbons (Fsp3) is 0.333. The summed E-state index contributed by atoms with van der Waals surface area (Å²) in [6, 6.07) is 14.9. The molecule has 2 aromatic carbocycles. The number of H-pyrrole nitrogens is 1. The topological polar surface area (TPSA) is 136 Å². The minimum absolute atomic E-state index is 0.150. The Balaban J connectivity index is 1.28. The van der Waals surface area contributed by atoms with Crippen molar-refractivity contribution in [3.63, 3.8) is 0 Å². The van der Waals surface area contributed by atoms with Gasteiger partial charge in [-0.1, -0.05) is 37.1 Å². The number of methoxy groups -OCH3 is 1. The van der Waals surface area contributed by atoms with E-state index >= 15 is 0 Å². The number of benzene rings is 2. The number of hydrogen-bond donors (Lipinski definition) is 4. The van der Waals surface area contributed by atoms with E-state index in [1.54, 1.807) is 13.2 Å². The highest BCUT2D eigenvalue weighted by atomic mass is 16.5. The molecular formula is C27H27N5O4. The monoisotopic (exact) mass is 485 g/mol. The highest BCUT2D eigenvalue weighted by molar-refractivity contribution is 6.03. The zero-order valence-corrected chi connectivity index (χ0v) is 19.8. The Morgan fingerprint density at radius 2 is 1.94 bits per heavy atom. The van der Waals surface area contributed by atoms with Gasteiger partial charge in [0.2, 0.25) is 11.8 Å². The van der Waals surface area contributed by atoms with Crippen molar-refractivity contribution >= 4 is 34.3 Å². The van der Waals surface area contributed by atoms with Gasteiger partial charge in [0, 0.05) is 16.6 Å². The van der Waals surface area contributed by atoms with Crippen LogP contribution in [0, 0.1) is 17.2 Å². The molecule has 36 heavy (non-hydrogen) atoms. The maximum Gasteiger partial charge on any atom is 0.268 e. The molecule has 3 aromatic rings. The lowest BCUT2D eigenvalue weighted by atomic mass is 9.93. The number of para-hydroxylation sites is 1. The van der Waals surface area contributed by atoms with Gasteiger partial charge >= 0.3 is 0 Å². The molecule has 1 fully saturated rings. The minimum atomic E-state index is -0.879. The number of anilines is 1. The predicted octanol–water partition coefficient (Wildman–Crippen LogP) is 3.21. The lowest BCUT2D eigenvalue weighted by molar-refractivity contribution is -0.124. The molecule has 0 bridgehead atoms. The molecule has 9 heteroatoms. The Hall–Kier alpha value is -4.32. The van der Waals surface area contributed by atoms with Crippen LogP contribution in [-0.4, -0.2) is 41.9 Å². The molecule has 2 heterocycles. The van der Waals surface area contributed by atoms with Crippen molar-refractivity contribution in [3.05, 3.63) is 59.8 Å².